The van der Waals surface area contributed by atoms with Gasteiger partial charge in [0.15, 0.2) is 5.96 Å². The van der Waals surface area contributed by atoms with Crippen LogP contribution in [0.1, 0.15) is 38.3 Å². The zero-order valence-corrected chi connectivity index (χ0v) is 18.9. The first-order valence-corrected chi connectivity index (χ1v) is 9.67. The molecule has 0 aromatic carbocycles. The van der Waals surface area contributed by atoms with E-state index in [1.807, 2.05) is 23.4 Å². The number of imidazole rings is 1. The summed E-state index contributed by atoms with van der Waals surface area (Å²) in [5, 5.41) is 7.80. The van der Waals surface area contributed by atoms with Gasteiger partial charge in [-0.3, -0.25) is 9.67 Å². The molecule has 1 aliphatic heterocycles. The van der Waals surface area contributed by atoms with Gasteiger partial charge in [-0.05, 0) is 38.2 Å². The molecule has 150 valence electrons. The third kappa shape index (κ3) is 5.95. The maximum absolute atomic E-state index is 4.87. The van der Waals surface area contributed by atoms with Gasteiger partial charge in [0, 0.05) is 51.3 Å². The van der Waals surface area contributed by atoms with Crippen LogP contribution in [-0.2, 0) is 6.54 Å². The average molecular weight is 485 g/mol. The van der Waals surface area contributed by atoms with Crippen molar-refractivity contribution in [1.82, 2.24) is 29.5 Å². The monoisotopic (exact) mass is 485 g/mol. The van der Waals surface area contributed by atoms with Crippen LogP contribution in [0.4, 0.5) is 0 Å². The number of rotatable bonds is 6. The van der Waals surface area contributed by atoms with Gasteiger partial charge >= 0.3 is 0 Å². The minimum Gasteiger partial charge on any atom is -0.357 e. The number of nitrogens with one attached hydrogen (secondary N) is 1. The third-order valence-corrected chi connectivity index (χ3v) is 5.03. The molecule has 0 radical (unpaired) electrons. The molecule has 7 nitrogen and oxygen atoms in total. The van der Waals surface area contributed by atoms with Gasteiger partial charge in [0.2, 0.25) is 0 Å². The van der Waals surface area contributed by atoms with Gasteiger partial charge in [0.1, 0.15) is 0 Å². The number of nitrogens with zero attached hydrogens (tertiary/aromatic N) is 6. The standard InChI is InChI=1S/C19H31N7.HI/c1-4-21-19(22-7-5-9-26-13-16(2)12-23-26)24-10-6-17(3)18(14-24)25-11-8-20-15-25;/h8,11-13,15,17-18H,4-7,9-10,14H2,1-3H3,(H,21,22);1H. The SMILES string of the molecule is CCNC(=NCCCn1cc(C)cn1)N1CCC(C)C(n2ccnc2)C1.I. The van der Waals surface area contributed by atoms with E-state index in [2.05, 4.69) is 58.0 Å². The molecule has 2 unspecified atom stereocenters. The Balaban J connectivity index is 0.00000261. The van der Waals surface area contributed by atoms with Gasteiger partial charge < -0.3 is 14.8 Å². The molecule has 2 aromatic heterocycles. The van der Waals surface area contributed by atoms with Crippen LogP contribution in [0, 0.1) is 12.8 Å². The van der Waals surface area contributed by atoms with Crippen molar-refractivity contribution >= 4 is 29.9 Å². The smallest absolute Gasteiger partial charge is 0.193 e. The van der Waals surface area contributed by atoms with Gasteiger partial charge in [-0.2, -0.15) is 5.10 Å². The molecule has 0 aliphatic carbocycles. The number of piperidine rings is 1. The van der Waals surface area contributed by atoms with Crippen molar-refractivity contribution in [3.63, 3.8) is 0 Å². The second-order valence-electron chi connectivity index (χ2n) is 7.16. The topological polar surface area (TPSA) is 63.3 Å². The van der Waals surface area contributed by atoms with Crippen LogP contribution in [0.25, 0.3) is 0 Å². The van der Waals surface area contributed by atoms with Crippen molar-refractivity contribution in [2.45, 2.75) is 46.2 Å². The molecular weight excluding hydrogens is 453 g/mol. The normalized spacial score (nSPS) is 20.4. The molecule has 27 heavy (non-hydrogen) atoms. The number of aliphatic imine (C=N–C) groups is 1. The number of aryl methyl sites for hydroxylation is 2. The third-order valence-electron chi connectivity index (χ3n) is 5.03. The van der Waals surface area contributed by atoms with E-state index >= 15 is 0 Å². The minimum atomic E-state index is 0. The summed E-state index contributed by atoms with van der Waals surface area (Å²) in [6, 6.07) is 0.446. The lowest BCUT2D eigenvalue weighted by molar-refractivity contribution is 0.189. The van der Waals surface area contributed by atoms with Crippen LogP contribution in [-0.4, -0.2) is 56.4 Å². The van der Waals surface area contributed by atoms with Crippen molar-refractivity contribution in [1.29, 1.82) is 0 Å². The molecule has 2 atom stereocenters. The Morgan fingerprint density at radius 3 is 2.93 bits per heavy atom. The van der Waals surface area contributed by atoms with Gasteiger partial charge in [-0.1, -0.05) is 6.92 Å². The first kappa shape index (κ1) is 21.7. The highest BCUT2D eigenvalue weighted by Crippen LogP contribution is 2.27. The quantitative estimate of drug-likeness (QED) is 0.296. The second kappa shape index (κ2) is 10.7. The van der Waals surface area contributed by atoms with E-state index in [0.717, 1.165) is 45.1 Å². The van der Waals surface area contributed by atoms with Crippen LogP contribution in [0.3, 0.4) is 0 Å². The highest BCUT2D eigenvalue weighted by atomic mass is 127. The van der Waals surface area contributed by atoms with Crippen molar-refractivity contribution in [3.8, 4) is 0 Å². The Labute approximate surface area is 179 Å². The van der Waals surface area contributed by atoms with E-state index in [1.165, 1.54) is 12.0 Å². The van der Waals surface area contributed by atoms with E-state index < -0.39 is 0 Å². The zero-order chi connectivity index (χ0) is 18.4. The van der Waals surface area contributed by atoms with Gasteiger partial charge in [0.05, 0.1) is 18.6 Å². The predicted molar refractivity (Wildman–Crippen MR) is 120 cm³/mol. The largest absolute Gasteiger partial charge is 0.357 e. The minimum absolute atomic E-state index is 0. The maximum atomic E-state index is 4.87. The summed E-state index contributed by atoms with van der Waals surface area (Å²) in [6.45, 7) is 11.2. The number of halogens is 1. The lowest BCUT2D eigenvalue weighted by atomic mass is 9.93. The maximum Gasteiger partial charge on any atom is 0.193 e. The number of aromatic nitrogens is 4. The Morgan fingerprint density at radius 2 is 2.26 bits per heavy atom. The highest BCUT2D eigenvalue weighted by molar-refractivity contribution is 14.0. The lowest BCUT2D eigenvalue weighted by Crippen LogP contribution is -2.49. The van der Waals surface area contributed by atoms with E-state index in [0.29, 0.717) is 12.0 Å². The summed E-state index contributed by atoms with van der Waals surface area (Å²) >= 11 is 0. The first-order chi connectivity index (χ1) is 12.7. The molecule has 0 amide bonds. The predicted octanol–water partition coefficient (Wildman–Crippen LogP) is 2.94. The first-order valence-electron chi connectivity index (χ1n) is 9.67. The highest BCUT2D eigenvalue weighted by Gasteiger charge is 2.28. The Morgan fingerprint density at radius 1 is 1.41 bits per heavy atom. The molecular formula is C19H32IN7. The number of guanidine groups is 1. The molecule has 2 aromatic rings. The molecule has 1 fully saturated rings. The van der Waals surface area contributed by atoms with E-state index in [9.17, 15) is 0 Å². The summed E-state index contributed by atoms with van der Waals surface area (Å²) in [4.78, 5) is 11.5. The molecule has 0 saturated carbocycles. The van der Waals surface area contributed by atoms with Crippen LogP contribution < -0.4 is 5.32 Å². The average Bonchev–Trinajstić information content (AvgIpc) is 3.30. The summed E-state index contributed by atoms with van der Waals surface area (Å²) in [6.07, 6.45) is 12.0. The molecule has 3 heterocycles. The fourth-order valence-electron chi connectivity index (χ4n) is 3.53. The van der Waals surface area contributed by atoms with Crippen LogP contribution in [0.2, 0.25) is 0 Å². The molecule has 0 bridgehead atoms. The number of hydrogen-bond donors (Lipinski definition) is 1. The zero-order valence-electron chi connectivity index (χ0n) is 16.6. The van der Waals surface area contributed by atoms with E-state index in [1.54, 1.807) is 0 Å². The van der Waals surface area contributed by atoms with Crippen LogP contribution in [0.15, 0.2) is 36.1 Å². The van der Waals surface area contributed by atoms with Crippen molar-refractivity contribution < 1.29 is 0 Å². The van der Waals surface area contributed by atoms with Gasteiger partial charge in [-0.15, -0.1) is 24.0 Å². The number of hydrogen-bond acceptors (Lipinski definition) is 3. The molecule has 1 N–H and O–H groups in total. The second-order valence-corrected chi connectivity index (χ2v) is 7.16. The summed E-state index contributed by atoms with van der Waals surface area (Å²) < 4.78 is 4.23. The van der Waals surface area contributed by atoms with Crippen LogP contribution >= 0.6 is 24.0 Å². The van der Waals surface area contributed by atoms with Crippen molar-refractivity contribution in [2.75, 3.05) is 26.2 Å². The molecule has 8 heteroatoms. The summed E-state index contributed by atoms with van der Waals surface area (Å²) in [5.74, 6) is 1.67. The van der Waals surface area contributed by atoms with Crippen molar-refractivity contribution in [3.05, 3.63) is 36.7 Å². The van der Waals surface area contributed by atoms with Crippen molar-refractivity contribution in [2.24, 2.45) is 10.9 Å². The number of likely N-dealkylation sites (tertiary alicyclic amines) is 1. The van der Waals surface area contributed by atoms with Crippen LogP contribution in [0.5, 0.6) is 0 Å². The summed E-state index contributed by atoms with van der Waals surface area (Å²) in [7, 11) is 0. The summed E-state index contributed by atoms with van der Waals surface area (Å²) in [5.41, 5.74) is 1.20. The van der Waals surface area contributed by atoms with E-state index in [4.69, 9.17) is 4.99 Å². The van der Waals surface area contributed by atoms with Gasteiger partial charge in [0.25, 0.3) is 0 Å². The van der Waals surface area contributed by atoms with E-state index in [-0.39, 0.29) is 24.0 Å². The van der Waals surface area contributed by atoms with Gasteiger partial charge in [-0.25, -0.2) is 4.98 Å². The fourth-order valence-corrected chi connectivity index (χ4v) is 3.53. The Bertz CT molecular complexity index is 695. The Kier molecular flexibility index (Phi) is 8.59. The molecule has 3 rings (SSSR count). The Hall–Kier alpha value is -1.58. The fraction of sp³-hybridized carbons (Fsp3) is 0.632. The molecule has 1 aliphatic rings. The molecule has 0 spiro atoms. The molecule has 1 saturated heterocycles. The lowest BCUT2D eigenvalue weighted by Gasteiger charge is -2.39.